The fraction of sp³-hybridized carbons (Fsp3) is 0.385. The second-order valence-electron chi connectivity index (χ2n) is 13.9. The first-order chi connectivity index (χ1) is 26.3. The van der Waals surface area contributed by atoms with Crippen LogP contribution in [0.2, 0.25) is 0 Å². The highest BCUT2D eigenvalue weighted by Gasteiger charge is 2.45. The molecular formula is C39H43N9O5S. The van der Waals surface area contributed by atoms with Crippen LogP contribution in [-0.2, 0) is 16.1 Å². The smallest absolute Gasteiger partial charge is 0.257 e. The molecule has 5 aromatic rings. The SMILES string of the molecule is COc1nc(-c2n[nH]c3ccc(NC(=O)[C@]4(SC)CCN(CC(=O)N5CC=C(c6ccc(-c7ncn(CCO)n7)cc6)CC5)C4)cc23)ccc1OC1CC1. The van der Waals surface area contributed by atoms with Crippen molar-refractivity contribution in [3.05, 3.63) is 72.6 Å². The van der Waals surface area contributed by atoms with E-state index in [4.69, 9.17) is 14.6 Å². The van der Waals surface area contributed by atoms with Gasteiger partial charge < -0.3 is 24.8 Å². The number of ether oxygens (including phenoxy) is 2. The molecule has 2 aromatic carbocycles. The summed E-state index contributed by atoms with van der Waals surface area (Å²) in [6.07, 6.45) is 9.40. The van der Waals surface area contributed by atoms with Gasteiger partial charge in [0.15, 0.2) is 11.6 Å². The van der Waals surface area contributed by atoms with Gasteiger partial charge in [-0.1, -0.05) is 30.3 Å². The molecule has 1 aliphatic carbocycles. The van der Waals surface area contributed by atoms with E-state index in [-0.39, 0.29) is 31.1 Å². The number of thioether (sulfide) groups is 1. The largest absolute Gasteiger partial charge is 0.485 e. The summed E-state index contributed by atoms with van der Waals surface area (Å²) in [4.78, 5) is 40.4. The third-order valence-electron chi connectivity index (χ3n) is 10.3. The molecule has 2 fully saturated rings. The van der Waals surface area contributed by atoms with Crippen molar-refractivity contribution in [2.45, 2.75) is 43.1 Å². The summed E-state index contributed by atoms with van der Waals surface area (Å²) >= 11 is 1.53. The third kappa shape index (κ3) is 7.43. The van der Waals surface area contributed by atoms with Gasteiger partial charge in [0.2, 0.25) is 11.8 Å². The predicted octanol–water partition coefficient (Wildman–Crippen LogP) is 4.49. The van der Waals surface area contributed by atoms with E-state index in [2.05, 4.69) is 53.7 Å². The summed E-state index contributed by atoms with van der Waals surface area (Å²) in [6.45, 7) is 3.03. The lowest BCUT2D eigenvalue weighted by atomic mass is 9.98. The zero-order valence-electron chi connectivity index (χ0n) is 30.3. The Labute approximate surface area is 316 Å². The Morgan fingerprint density at radius 1 is 1.09 bits per heavy atom. The lowest BCUT2D eigenvalue weighted by molar-refractivity contribution is -0.132. The Morgan fingerprint density at radius 3 is 2.67 bits per heavy atom. The number of benzene rings is 2. The van der Waals surface area contributed by atoms with Crippen LogP contribution in [0, 0.1) is 0 Å². The molecule has 1 atom stereocenters. The summed E-state index contributed by atoms with van der Waals surface area (Å²) < 4.78 is 12.4. The highest BCUT2D eigenvalue weighted by molar-refractivity contribution is 8.00. The van der Waals surface area contributed by atoms with Gasteiger partial charge in [-0.05, 0) is 73.4 Å². The van der Waals surface area contributed by atoms with Crippen LogP contribution in [0.15, 0.2) is 67.0 Å². The van der Waals surface area contributed by atoms with E-state index in [1.54, 1.807) is 18.1 Å². The molecule has 3 aromatic heterocycles. The minimum Gasteiger partial charge on any atom is -0.485 e. The van der Waals surface area contributed by atoms with Crippen LogP contribution >= 0.6 is 11.8 Å². The minimum atomic E-state index is -0.686. The Balaban J connectivity index is 0.875. The van der Waals surface area contributed by atoms with Crippen LogP contribution in [0.3, 0.4) is 0 Å². The van der Waals surface area contributed by atoms with Crippen molar-refractivity contribution in [1.29, 1.82) is 0 Å². The highest BCUT2D eigenvalue weighted by atomic mass is 32.2. The first-order valence-corrected chi connectivity index (χ1v) is 19.4. The summed E-state index contributed by atoms with van der Waals surface area (Å²) in [5.74, 6) is 1.63. The normalized spacial score (nSPS) is 18.9. The molecule has 54 heavy (non-hydrogen) atoms. The summed E-state index contributed by atoms with van der Waals surface area (Å²) in [5.41, 5.74) is 6.00. The average Bonchev–Trinajstić information content (AvgIpc) is 3.53. The number of rotatable bonds is 13. The zero-order valence-corrected chi connectivity index (χ0v) is 31.1. The number of hydrogen-bond donors (Lipinski definition) is 3. The third-order valence-corrected chi connectivity index (χ3v) is 11.6. The van der Waals surface area contributed by atoms with Gasteiger partial charge in [-0.15, -0.1) is 11.8 Å². The van der Waals surface area contributed by atoms with Gasteiger partial charge in [0.25, 0.3) is 5.88 Å². The number of likely N-dealkylation sites (tertiary alicyclic amines) is 1. The van der Waals surface area contributed by atoms with Crippen molar-refractivity contribution in [3.63, 3.8) is 0 Å². The first-order valence-electron chi connectivity index (χ1n) is 18.2. The van der Waals surface area contributed by atoms with Crippen LogP contribution in [0.4, 0.5) is 5.69 Å². The van der Waals surface area contributed by atoms with Gasteiger partial charge in [0, 0.05) is 42.8 Å². The second-order valence-corrected chi connectivity index (χ2v) is 15.1. The van der Waals surface area contributed by atoms with Crippen molar-refractivity contribution in [2.24, 2.45) is 0 Å². The average molecular weight is 750 g/mol. The molecule has 2 amide bonds. The first kappa shape index (κ1) is 35.8. The van der Waals surface area contributed by atoms with Gasteiger partial charge in [-0.3, -0.25) is 24.3 Å². The van der Waals surface area contributed by atoms with Crippen molar-refractivity contribution >= 4 is 45.7 Å². The Morgan fingerprint density at radius 2 is 1.93 bits per heavy atom. The molecule has 0 unspecified atom stereocenters. The lowest BCUT2D eigenvalue weighted by Gasteiger charge is -2.29. The summed E-state index contributed by atoms with van der Waals surface area (Å²) in [7, 11) is 1.57. The van der Waals surface area contributed by atoms with Crippen molar-refractivity contribution < 1.29 is 24.2 Å². The molecule has 2 aliphatic heterocycles. The number of aliphatic hydroxyl groups is 1. The number of hydrogen-bond acceptors (Lipinski definition) is 11. The maximum absolute atomic E-state index is 13.9. The predicted molar refractivity (Wildman–Crippen MR) is 207 cm³/mol. The van der Waals surface area contributed by atoms with Crippen LogP contribution in [0.5, 0.6) is 11.6 Å². The highest BCUT2D eigenvalue weighted by Crippen LogP contribution is 2.38. The fourth-order valence-corrected chi connectivity index (χ4v) is 7.89. The molecule has 15 heteroatoms. The van der Waals surface area contributed by atoms with Crippen molar-refractivity contribution in [2.75, 3.05) is 58.0 Å². The van der Waals surface area contributed by atoms with E-state index in [0.717, 1.165) is 41.3 Å². The molecule has 280 valence electrons. The molecule has 14 nitrogen and oxygen atoms in total. The van der Waals surface area contributed by atoms with Crippen LogP contribution < -0.4 is 14.8 Å². The van der Waals surface area contributed by atoms with E-state index in [0.29, 0.717) is 73.7 Å². The van der Waals surface area contributed by atoms with Gasteiger partial charge in [-0.2, -0.15) is 10.2 Å². The molecule has 5 heterocycles. The molecule has 1 saturated carbocycles. The van der Waals surface area contributed by atoms with Gasteiger partial charge in [0.1, 0.15) is 16.8 Å². The molecule has 0 radical (unpaired) electrons. The minimum absolute atomic E-state index is 0.0130. The van der Waals surface area contributed by atoms with E-state index in [1.165, 1.54) is 17.3 Å². The summed E-state index contributed by atoms with van der Waals surface area (Å²) in [5, 5.41) is 25.1. The summed E-state index contributed by atoms with van der Waals surface area (Å²) in [6, 6.07) is 17.5. The van der Waals surface area contributed by atoms with Crippen molar-refractivity contribution in [1.82, 2.24) is 39.7 Å². The van der Waals surface area contributed by atoms with Crippen molar-refractivity contribution in [3.8, 4) is 34.4 Å². The number of nitrogens with one attached hydrogen (secondary N) is 2. The molecular weight excluding hydrogens is 707 g/mol. The second kappa shape index (κ2) is 15.2. The number of aliphatic hydroxyl groups excluding tert-OH is 1. The molecule has 3 N–H and O–H groups in total. The van der Waals surface area contributed by atoms with E-state index in [1.807, 2.05) is 53.6 Å². The number of carbonyl (C=O) groups is 2. The standard InChI is InChI=1S/C39H43N9O5S/c1-52-37-33(53-29-8-9-29)12-11-32(42-37)35-30-21-28(7-10-31(30)43-44-35)41-38(51)39(54-2)15-18-46(23-39)22-34(50)47-16-13-26(14-17-47)25-3-5-27(6-4-25)36-40-24-48(45-36)19-20-49/h3-7,10-13,21,24,29,49H,8-9,14-20,22-23H2,1-2H3,(H,41,51)(H,43,44)/t39-/m0/s1. The Hall–Kier alpha value is -5.25. The lowest BCUT2D eigenvalue weighted by Crippen LogP contribution is -2.45. The van der Waals surface area contributed by atoms with Gasteiger partial charge >= 0.3 is 0 Å². The number of pyridine rings is 1. The number of nitrogens with zero attached hydrogens (tertiary/aromatic N) is 7. The number of fused-ring (bicyclic) bond motifs is 1. The number of amides is 2. The van der Waals surface area contributed by atoms with E-state index in [9.17, 15) is 9.59 Å². The molecule has 1 saturated heterocycles. The van der Waals surface area contributed by atoms with Gasteiger partial charge in [-0.25, -0.2) is 9.97 Å². The van der Waals surface area contributed by atoms with Gasteiger partial charge in [0.05, 0.1) is 44.1 Å². The zero-order chi connectivity index (χ0) is 37.2. The maximum atomic E-state index is 13.9. The number of aromatic amines is 1. The molecule has 0 spiro atoms. The fourth-order valence-electron chi connectivity index (χ4n) is 7.05. The number of aromatic nitrogens is 6. The molecule has 3 aliphatic rings. The van der Waals surface area contributed by atoms with Crippen LogP contribution in [0.25, 0.3) is 39.3 Å². The molecule has 8 rings (SSSR count). The quantitative estimate of drug-likeness (QED) is 0.156. The van der Waals surface area contributed by atoms with E-state index >= 15 is 0 Å². The maximum Gasteiger partial charge on any atom is 0.257 e. The Kier molecular flexibility index (Phi) is 10.1. The topological polar surface area (TPSA) is 164 Å². The number of carbonyl (C=O) groups excluding carboxylic acids is 2. The van der Waals surface area contributed by atoms with Crippen LogP contribution in [0.1, 0.15) is 31.2 Å². The Bertz CT molecular complexity index is 2200. The van der Waals surface area contributed by atoms with E-state index < -0.39 is 4.75 Å². The monoisotopic (exact) mass is 749 g/mol. The van der Waals surface area contributed by atoms with Crippen LogP contribution in [-0.4, -0.2) is 120 Å². The number of anilines is 1. The molecule has 0 bridgehead atoms. The number of methoxy groups -OCH3 is 1. The number of H-pyrrole nitrogens is 1.